The van der Waals surface area contributed by atoms with Crippen LogP contribution >= 0.6 is 0 Å². The molecule has 0 saturated heterocycles. The summed E-state index contributed by atoms with van der Waals surface area (Å²) in [4.78, 5) is 34.9. The third kappa shape index (κ3) is 7.24. The number of nitrogens with zero attached hydrogens (tertiary/aromatic N) is 1. The van der Waals surface area contributed by atoms with Gasteiger partial charge >= 0.3 is 12.0 Å². The third-order valence-electron chi connectivity index (χ3n) is 2.36. The van der Waals surface area contributed by atoms with Crippen LogP contribution in [0.2, 0.25) is 0 Å². The Labute approximate surface area is 112 Å². The van der Waals surface area contributed by atoms with Gasteiger partial charge in [-0.25, -0.2) is 9.59 Å². The molecular formula is C11H21N3O5. The van der Waals surface area contributed by atoms with Crippen molar-refractivity contribution >= 4 is 17.9 Å². The van der Waals surface area contributed by atoms with Crippen LogP contribution in [-0.2, 0) is 14.3 Å². The van der Waals surface area contributed by atoms with Crippen LogP contribution < -0.4 is 10.6 Å². The molecule has 0 aromatic carbocycles. The summed E-state index contributed by atoms with van der Waals surface area (Å²) in [6, 6.07) is -1.55. The third-order valence-corrected chi connectivity index (χ3v) is 2.36. The molecule has 3 amide bonds. The van der Waals surface area contributed by atoms with Crippen LogP contribution in [-0.4, -0.2) is 67.8 Å². The predicted molar refractivity (Wildman–Crippen MR) is 67.8 cm³/mol. The quantitative estimate of drug-likeness (QED) is 0.505. The Morgan fingerprint density at radius 1 is 1.37 bits per heavy atom. The molecule has 0 aromatic heterocycles. The van der Waals surface area contributed by atoms with Gasteiger partial charge in [0.1, 0.15) is 12.6 Å². The van der Waals surface area contributed by atoms with Crippen LogP contribution in [0, 0.1) is 0 Å². The first kappa shape index (κ1) is 17.2. The van der Waals surface area contributed by atoms with Crippen LogP contribution in [0.5, 0.6) is 0 Å². The summed E-state index contributed by atoms with van der Waals surface area (Å²) >= 11 is 0. The van der Waals surface area contributed by atoms with E-state index < -0.39 is 18.0 Å². The first-order valence-corrected chi connectivity index (χ1v) is 5.92. The van der Waals surface area contributed by atoms with Gasteiger partial charge in [-0.05, 0) is 6.42 Å². The molecule has 0 radical (unpaired) electrons. The SMILES string of the molecule is CC[C@H](NC(=O)N(C)CC(=O)NCCOC)C(=O)O. The minimum Gasteiger partial charge on any atom is -0.480 e. The number of carboxylic acid groups (broad SMARTS) is 1. The minimum atomic E-state index is -1.10. The topological polar surface area (TPSA) is 108 Å². The Hall–Kier alpha value is -1.83. The monoisotopic (exact) mass is 275 g/mol. The minimum absolute atomic E-state index is 0.147. The normalized spacial score (nSPS) is 11.5. The number of hydrogen-bond acceptors (Lipinski definition) is 4. The number of rotatable bonds is 8. The second-order valence-electron chi connectivity index (χ2n) is 3.95. The highest BCUT2D eigenvalue weighted by molar-refractivity contribution is 5.86. The molecule has 0 aliphatic rings. The van der Waals surface area contributed by atoms with Gasteiger partial charge in [0.15, 0.2) is 0 Å². The average molecular weight is 275 g/mol. The van der Waals surface area contributed by atoms with Crippen molar-refractivity contribution in [3.8, 4) is 0 Å². The van der Waals surface area contributed by atoms with Gasteiger partial charge in [0.2, 0.25) is 5.91 Å². The number of carboxylic acids is 1. The first-order chi connectivity index (χ1) is 8.92. The number of urea groups is 1. The molecule has 110 valence electrons. The summed E-state index contributed by atoms with van der Waals surface area (Å²) in [6.07, 6.45) is 0.273. The van der Waals surface area contributed by atoms with Crippen LogP contribution in [0.1, 0.15) is 13.3 Å². The van der Waals surface area contributed by atoms with Crippen LogP contribution in [0.3, 0.4) is 0 Å². The van der Waals surface area contributed by atoms with Crippen molar-refractivity contribution in [2.75, 3.05) is 33.9 Å². The summed E-state index contributed by atoms with van der Waals surface area (Å²) in [6.45, 7) is 2.25. The summed E-state index contributed by atoms with van der Waals surface area (Å²) in [7, 11) is 2.93. The Bertz CT molecular complexity index is 321. The molecule has 0 aromatic rings. The van der Waals surface area contributed by atoms with Crippen molar-refractivity contribution in [1.82, 2.24) is 15.5 Å². The molecule has 0 unspecified atom stereocenters. The van der Waals surface area contributed by atoms with Crippen molar-refractivity contribution in [2.24, 2.45) is 0 Å². The van der Waals surface area contributed by atoms with E-state index >= 15 is 0 Å². The van der Waals surface area contributed by atoms with Gasteiger partial charge in [0.05, 0.1) is 6.61 Å². The van der Waals surface area contributed by atoms with E-state index in [2.05, 4.69) is 10.6 Å². The lowest BCUT2D eigenvalue weighted by molar-refractivity contribution is -0.139. The van der Waals surface area contributed by atoms with Gasteiger partial charge in [-0.15, -0.1) is 0 Å². The number of methoxy groups -OCH3 is 1. The van der Waals surface area contributed by atoms with E-state index in [-0.39, 0.29) is 18.9 Å². The van der Waals surface area contributed by atoms with E-state index in [1.807, 2.05) is 0 Å². The van der Waals surface area contributed by atoms with Gasteiger partial charge in [0, 0.05) is 20.7 Å². The molecule has 0 aliphatic heterocycles. The number of hydrogen-bond donors (Lipinski definition) is 3. The van der Waals surface area contributed by atoms with Crippen LogP contribution in [0.4, 0.5) is 4.79 Å². The average Bonchev–Trinajstić information content (AvgIpc) is 2.35. The predicted octanol–water partition coefficient (Wildman–Crippen LogP) is -0.746. The highest BCUT2D eigenvalue weighted by Crippen LogP contribution is 1.93. The van der Waals surface area contributed by atoms with Crippen molar-refractivity contribution in [2.45, 2.75) is 19.4 Å². The molecule has 0 fully saturated rings. The van der Waals surface area contributed by atoms with Gasteiger partial charge in [-0.2, -0.15) is 0 Å². The summed E-state index contributed by atoms with van der Waals surface area (Å²) in [5.74, 6) is -1.44. The van der Waals surface area contributed by atoms with Gasteiger partial charge < -0.3 is 25.4 Å². The molecule has 0 bridgehead atoms. The molecular weight excluding hydrogens is 254 g/mol. The molecule has 0 saturated carbocycles. The molecule has 0 aliphatic carbocycles. The molecule has 0 spiro atoms. The fourth-order valence-corrected chi connectivity index (χ4v) is 1.23. The maximum Gasteiger partial charge on any atom is 0.326 e. The fourth-order valence-electron chi connectivity index (χ4n) is 1.23. The van der Waals surface area contributed by atoms with E-state index in [0.29, 0.717) is 13.2 Å². The molecule has 0 heterocycles. The lowest BCUT2D eigenvalue weighted by Crippen LogP contribution is -2.49. The highest BCUT2D eigenvalue weighted by atomic mass is 16.5. The molecule has 8 heteroatoms. The number of nitrogens with one attached hydrogen (secondary N) is 2. The number of carbonyl (C=O) groups excluding carboxylic acids is 2. The number of amides is 3. The number of ether oxygens (including phenoxy) is 1. The molecule has 8 nitrogen and oxygen atoms in total. The Kier molecular flexibility index (Phi) is 8.27. The Balaban J connectivity index is 4.12. The standard InChI is InChI=1S/C11H21N3O5/c1-4-8(10(16)17)13-11(18)14(2)7-9(15)12-5-6-19-3/h8H,4-7H2,1-3H3,(H,12,15)(H,13,18)(H,16,17)/t8-/m0/s1. The fraction of sp³-hybridized carbons (Fsp3) is 0.727. The first-order valence-electron chi connectivity index (χ1n) is 5.92. The lowest BCUT2D eigenvalue weighted by atomic mass is 10.2. The number of aliphatic carboxylic acids is 1. The molecule has 0 rings (SSSR count). The zero-order chi connectivity index (χ0) is 14.8. The zero-order valence-electron chi connectivity index (χ0n) is 11.4. The second-order valence-corrected chi connectivity index (χ2v) is 3.95. The van der Waals surface area contributed by atoms with Crippen molar-refractivity contribution in [1.29, 1.82) is 0 Å². The van der Waals surface area contributed by atoms with E-state index in [1.165, 1.54) is 14.2 Å². The van der Waals surface area contributed by atoms with Gasteiger partial charge in [-0.3, -0.25) is 4.79 Å². The van der Waals surface area contributed by atoms with Crippen LogP contribution in [0.25, 0.3) is 0 Å². The Morgan fingerprint density at radius 2 is 2.00 bits per heavy atom. The molecule has 3 N–H and O–H groups in total. The maximum atomic E-state index is 11.6. The van der Waals surface area contributed by atoms with Gasteiger partial charge in [-0.1, -0.05) is 6.92 Å². The second kappa shape index (κ2) is 9.15. The molecule has 19 heavy (non-hydrogen) atoms. The summed E-state index contributed by atoms with van der Waals surface area (Å²) in [5.41, 5.74) is 0. The summed E-state index contributed by atoms with van der Waals surface area (Å²) in [5, 5.41) is 13.7. The highest BCUT2D eigenvalue weighted by Gasteiger charge is 2.20. The van der Waals surface area contributed by atoms with Gasteiger partial charge in [0.25, 0.3) is 0 Å². The Morgan fingerprint density at radius 3 is 2.47 bits per heavy atom. The van der Waals surface area contributed by atoms with Crippen molar-refractivity contribution in [3.63, 3.8) is 0 Å². The van der Waals surface area contributed by atoms with E-state index in [4.69, 9.17) is 9.84 Å². The number of carbonyl (C=O) groups is 3. The zero-order valence-corrected chi connectivity index (χ0v) is 11.4. The van der Waals surface area contributed by atoms with E-state index in [9.17, 15) is 14.4 Å². The molecule has 1 atom stereocenters. The van der Waals surface area contributed by atoms with Crippen molar-refractivity contribution in [3.05, 3.63) is 0 Å². The van der Waals surface area contributed by atoms with E-state index in [0.717, 1.165) is 4.90 Å². The number of likely N-dealkylation sites (N-methyl/N-ethyl adjacent to an activating group) is 1. The smallest absolute Gasteiger partial charge is 0.326 e. The van der Waals surface area contributed by atoms with E-state index in [1.54, 1.807) is 6.92 Å². The van der Waals surface area contributed by atoms with Crippen LogP contribution in [0.15, 0.2) is 0 Å². The largest absolute Gasteiger partial charge is 0.480 e. The maximum absolute atomic E-state index is 11.6. The summed E-state index contributed by atoms with van der Waals surface area (Å²) < 4.78 is 4.77. The van der Waals surface area contributed by atoms with Crippen molar-refractivity contribution < 1.29 is 24.2 Å². The lowest BCUT2D eigenvalue weighted by Gasteiger charge is -2.20.